The monoisotopic (exact) mass is 420 g/mol. The van der Waals surface area contributed by atoms with Gasteiger partial charge in [-0.25, -0.2) is 0 Å². The van der Waals surface area contributed by atoms with Crippen molar-refractivity contribution in [2.24, 2.45) is 5.16 Å². The number of oxime groups is 1. The number of hydrogen-bond donors (Lipinski definition) is 0. The van der Waals surface area contributed by atoms with Crippen LogP contribution in [0.25, 0.3) is 0 Å². The Morgan fingerprint density at radius 1 is 1.29 bits per heavy atom. The number of carbonyl (C=O) groups is 1. The van der Waals surface area contributed by atoms with E-state index in [9.17, 15) is 4.79 Å². The van der Waals surface area contributed by atoms with E-state index in [0.717, 1.165) is 40.5 Å². The summed E-state index contributed by atoms with van der Waals surface area (Å²) >= 11 is 7.44. The summed E-state index contributed by atoms with van der Waals surface area (Å²) in [5, 5.41) is 4.13. The quantitative estimate of drug-likeness (QED) is 0.724. The first kappa shape index (κ1) is 19.1. The smallest absolute Gasteiger partial charge is 0.267 e. The summed E-state index contributed by atoms with van der Waals surface area (Å²) in [4.78, 5) is 21.5. The predicted molar refractivity (Wildman–Crippen MR) is 109 cm³/mol. The van der Waals surface area contributed by atoms with Crippen molar-refractivity contribution in [3.05, 3.63) is 45.1 Å². The van der Waals surface area contributed by atoms with Gasteiger partial charge < -0.3 is 19.2 Å². The van der Waals surface area contributed by atoms with Crippen molar-refractivity contribution >= 4 is 34.6 Å². The second kappa shape index (κ2) is 8.01. The third kappa shape index (κ3) is 3.56. The first-order valence-corrected chi connectivity index (χ1v) is 10.3. The summed E-state index contributed by atoms with van der Waals surface area (Å²) in [6, 6.07) is 9.34. The molecule has 1 amide bonds. The Labute approximate surface area is 172 Å². The molecule has 28 heavy (non-hydrogen) atoms. The number of rotatable bonds is 5. The zero-order valence-electron chi connectivity index (χ0n) is 15.7. The number of halogens is 1. The number of methoxy groups -OCH3 is 2. The van der Waals surface area contributed by atoms with E-state index in [4.69, 9.17) is 25.9 Å². The molecule has 6 nitrogen and oxygen atoms in total. The van der Waals surface area contributed by atoms with Gasteiger partial charge in [0.25, 0.3) is 5.91 Å². The van der Waals surface area contributed by atoms with Crippen LogP contribution >= 0.6 is 22.9 Å². The number of nitrogens with zero attached hydrogens (tertiary/aromatic N) is 2. The minimum absolute atomic E-state index is 0.0474. The van der Waals surface area contributed by atoms with E-state index in [2.05, 4.69) is 5.16 Å². The minimum atomic E-state index is -0.604. The van der Waals surface area contributed by atoms with Crippen LogP contribution in [0.4, 0.5) is 0 Å². The SMILES string of the molecule is COc1ccc(OC)c(C2CCCN2C(=O)C2CC(c3ccc(Cl)s3)=NO2)c1. The zero-order valence-corrected chi connectivity index (χ0v) is 17.3. The number of ether oxygens (including phenoxy) is 2. The third-order valence-corrected chi connectivity index (χ3v) is 6.41. The van der Waals surface area contributed by atoms with Gasteiger partial charge in [-0.3, -0.25) is 4.79 Å². The molecule has 2 aliphatic heterocycles. The Morgan fingerprint density at radius 2 is 2.14 bits per heavy atom. The standard InChI is InChI=1S/C20H21ClN2O4S/c1-25-12-5-6-16(26-2)13(10-12)15-4-3-9-23(15)20(24)17-11-14(22-27-17)18-7-8-19(21)28-18/h5-8,10,15,17H,3-4,9,11H2,1-2H3. The Bertz CT molecular complexity index is 913. The topological polar surface area (TPSA) is 60.4 Å². The largest absolute Gasteiger partial charge is 0.497 e. The lowest BCUT2D eigenvalue weighted by atomic mass is 10.0. The average molecular weight is 421 g/mol. The lowest BCUT2D eigenvalue weighted by molar-refractivity contribution is -0.143. The van der Waals surface area contributed by atoms with E-state index in [-0.39, 0.29) is 11.9 Å². The molecule has 0 spiro atoms. The van der Waals surface area contributed by atoms with Crippen LogP contribution in [0.15, 0.2) is 35.5 Å². The van der Waals surface area contributed by atoms with Crippen LogP contribution in [-0.4, -0.2) is 43.4 Å². The molecule has 0 radical (unpaired) electrons. The first-order valence-electron chi connectivity index (χ1n) is 9.11. The van der Waals surface area contributed by atoms with Gasteiger partial charge in [0.15, 0.2) is 0 Å². The molecule has 2 atom stereocenters. The fourth-order valence-electron chi connectivity index (χ4n) is 3.76. The molecule has 2 aliphatic rings. The molecule has 0 saturated carbocycles. The number of thiophene rings is 1. The molecule has 8 heteroatoms. The zero-order chi connectivity index (χ0) is 19.7. The van der Waals surface area contributed by atoms with Crippen LogP contribution in [0, 0.1) is 0 Å². The highest BCUT2D eigenvalue weighted by atomic mass is 35.5. The van der Waals surface area contributed by atoms with Crippen LogP contribution < -0.4 is 9.47 Å². The van der Waals surface area contributed by atoms with Gasteiger partial charge >= 0.3 is 0 Å². The van der Waals surface area contributed by atoms with Crippen LogP contribution in [0.2, 0.25) is 4.34 Å². The van der Waals surface area contributed by atoms with E-state index in [1.54, 1.807) is 14.2 Å². The molecule has 0 bridgehead atoms. The van der Waals surface area contributed by atoms with Crippen molar-refractivity contribution in [2.45, 2.75) is 31.4 Å². The van der Waals surface area contributed by atoms with Crippen molar-refractivity contribution < 1.29 is 19.1 Å². The summed E-state index contributed by atoms with van der Waals surface area (Å²) in [7, 11) is 3.27. The molecule has 1 saturated heterocycles. The number of hydrogen-bond acceptors (Lipinski definition) is 6. The fraction of sp³-hybridized carbons (Fsp3) is 0.400. The summed E-state index contributed by atoms with van der Waals surface area (Å²) in [6.45, 7) is 0.684. The highest BCUT2D eigenvalue weighted by molar-refractivity contribution is 7.18. The minimum Gasteiger partial charge on any atom is -0.497 e. The molecule has 1 aromatic carbocycles. The molecule has 2 aromatic rings. The van der Waals surface area contributed by atoms with Crippen molar-refractivity contribution in [2.75, 3.05) is 20.8 Å². The molecule has 4 rings (SSSR count). The maximum Gasteiger partial charge on any atom is 0.267 e. The molecule has 148 valence electrons. The molecule has 0 N–H and O–H groups in total. The predicted octanol–water partition coefficient (Wildman–Crippen LogP) is 4.28. The second-order valence-corrected chi connectivity index (χ2v) is 8.45. The highest BCUT2D eigenvalue weighted by Gasteiger charge is 2.39. The molecular formula is C20H21ClN2O4S. The normalized spacial score (nSPS) is 21.4. The van der Waals surface area contributed by atoms with E-state index in [0.29, 0.717) is 17.3 Å². The molecule has 3 heterocycles. The van der Waals surface area contributed by atoms with E-state index < -0.39 is 6.10 Å². The van der Waals surface area contributed by atoms with Gasteiger partial charge in [-0.15, -0.1) is 11.3 Å². The summed E-state index contributed by atoms with van der Waals surface area (Å²) in [5.41, 5.74) is 1.72. The van der Waals surface area contributed by atoms with Crippen LogP contribution in [0.3, 0.4) is 0 Å². The Hall–Kier alpha value is -2.25. The Balaban J connectivity index is 1.52. The summed E-state index contributed by atoms with van der Waals surface area (Å²) < 4.78 is 11.6. The van der Waals surface area contributed by atoms with Crippen molar-refractivity contribution in [3.8, 4) is 11.5 Å². The van der Waals surface area contributed by atoms with E-state index in [1.165, 1.54) is 11.3 Å². The van der Waals surface area contributed by atoms with Gasteiger partial charge in [0.2, 0.25) is 6.10 Å². The van der Waals surface area contributed by atoms with Gasteiger partial charge in [0, 0.05) is 18.5 Å². The first-order chi connectivity index (χ1) is 13.6. The third-order valence-electron chi connectivity index (χ3n) is 5.13. The number of benzene rings is 1. The Morgan fingerprint density at radius 3 is 2.86 bits per heavy atom. The fourth-order valence-corrected chi connectivity index (χ4v) is 4.80. The average Bonchev–Trinajstić information content (AvgIpc) is 3.46. The van der Waals surface area contributed by atoms with Crippen LogP contribution in [0.1, 0.15) is 35.7 Å². The molecule has 1 aromatic heterocycles. The van der Waals surface area contributed by atoms with Gasteiger partial charge in [-0.1, -0.05) is 16.8 Å². The highest BCUT2D eigenvalue weighted by Crippen LogP contribution is 2.40. The van der Waals surface area contributed by atoms with Crippen molar-refractivity contribution in [1.29, 1.82) is 0 Å². The maximum absolute atomic E-state index is 13.2. The number of carbonyl (C=O) groups excluding carboxylic acids is 1. The summed E-state index contributed by atoms with van der Waals surface area (Å²) in [6.07, 6.45) is 1.65. The number of likely N-dealkylation sites (tertiary alicyclic amines) is 1. The molecular weight excluding hydrogens is 400 g/mol. The lowest BCUT2D eigenvalue weighted by Gasteiger charge is -2.28. The van der Waals surface area contributed by atoms with E-state index in [1.807, 2.05) is 35.2 Å². The van der Waals surface area contributed by atoms with Crippen molar-refractivity contribution in [1.82, 2.24) is 4.90 Å². The van der Waals surface area contributed by atoms with E-state index >= 15 is 0 Å². The van der Waals surface area contributed by atoms with Crippen molar-refractivity contribution in [3.63, 3.8) is 0 Å². The molecule has 1 fully saturated rings. The van der Waals surface area contributed by atoms with Gasteiger partial charge in [-0.05, 0) is 43.2 Å². The maximum atomic E-state index is 13.2. The van der Waals surface area contributed by atoms with Crippen LogP contribution in [-0.2, 0) is 9.63 Å². The van der Waals surface area contributed by atoms with Gasteiger partial charge in [-0.2, -0.15) is 0 Å². The molecule has 0 aliphatic carbocycles. The van der Waals surface area contributed by atoms with Gasteiger partial charge in [0.05, 0.1) is 29.5 Å². The summed E-state index contributed by atoms with van der Waals surface area (Å²) in [5.74, 6) is 1.45. The van der Waals surface area contributed by atoms with Gasteiger partial charge in [0.1, 0.15) is 17.2 Å². The number of amides is 1. The Kier molecular flexibility index (Phi) is 5.46. The molecule has 2 unspecified atom stereocenters. The lowest BCUT2D eigenvalue weighted by Crippen LogP contribution is -2.39. The second-order valence-electron chi connectivity index (χ2n) is 6.74. The van der Waals surface area contributed by atoms with Crippen LogP contribution in [0.5, 0.6) is 11.5 Å².